The third-order valence-electron chi connectivity index (χ3n) is 1.45. The van der Waals surface area contributed by atoms with Crippen molar-refractivity contribution in [3.8, 4) is 0 Å². The predicted molar refractivity (Wildman–Crippen MR) is 48.9 cm³/mol. The summed E-state index contributed by atoms with van der Waals surface area (Å²) in [4.78, 5) is 15.1. The van der Waals surface area contributed by atoms with Crippen LogP contribution in [-0.2, 0) is 19.8 Å². The first-order chi connectivity index (χ1) is 7.54. The van der Waals surface area contributed by atoms with Gasteiger partial charge in [0.05, 0.1) is 6.42 Å². The monoisotopic (exact) mass is 280 g/mol. The number of carboxylic acid groups (broad SMARTS) is 1. The molecule has 0 aliphatic heterocycles. The molecule has 0 bridgehead atoms. The SMILES string of the molecule is CN(CCC(=O)O)S(=O)(=O)NOCC(F)(F)F. The molecule has 0 aromatic carbocycles. The van der Waals surface area contributed by atoms with Crippen LogP contribution in [0.15, 0.2) is 0 Å². The highest BCUT2D eigenvalue weighted by Gasteiger charge is 2.29. The van der Waals surface area contributed by atoms with Gasteiger partial charge in [0.25, 0.3) is 0 Å². The van der Waals surface area contributed by atoms with Gasteiger partial charge in [-0.2, -0.15) is 25.9 Å². The van der Waals surface area contributed by atoms with Gasteiger partial charge in [0.2, 0.25) is 0 Å². The highest BCUT2D eigenvalue weighted by atomic mass is 32.2. The molecule has 17 heavy (non-hydrogen) atoms. The van der Waals surface area contributed by atoms with E-state index in [1.165, 1.54) is 4.89 Å². The average Bonchev–Trinajstić information content (AvgIpc) is 2.11. The lowest BCUT2D eigenvalue weighted by molar-refractivity contribution is -0.181. The van der Waals surface area contributed by atoms with Crippen molar-refractivity contribution in [2.75, 3.05) is 20.2 Å². The van der Waals surface area contributed by atoms with Crippen LogP contribution in [-0.4, -0.2) is 50.2 Å². The van der Waals surface area contributed by atoms with Gasteiger partial charge in [-0.15, -0.1) is 0 Å². The van der Waals surface area contributed by atoms with Gasteiger partial charge >= 0.3 is 22.4 Å². The number of halogens is 3. The summed E-state index contributed by atoms with van der Waals surface area (Å²) >= 11 is 0. The van der Waals surface area contributed by atoms with Gasteiger partial charge < -0.3 is 5.11 Å². The van der Waals surface area contributed by atoms with E-state index in [4.69, 9.17) is 5.11 Å². The quantitative estimate of drug-likeness (QED) is 0.625. The van der Waals surface area contributed by atoms with Crippen molar-refractivity contribution >= 4 is 16.2 Å². The van der Waals surface area contributed by atoms with E-state index in [0.29, 0.717) is 4.31 Å². The zero-order valence-corrected chi connectivity index (χ0v) is 9.51. The second-order valence-electron chi connectivity index (χ2n) is 2.96. The van der Waals surface area contributed by atoms with Gasteiger partial charge in [-0.3, -0.25) is 9.63 Å². The number of rotatable bonds is 7. The summed E-state index contributed by atoms with van der Waals surface area (Å²) in [5, 5.41) is 8.29. The van der Waals surface area contributed by atoms with Crippen molar-refractivity contribution in [2.45, 2.75) is 12.6 Å². The molecule has 11 heteroatoms. The molecule has 0 saturated heterocycles. The molecule has 0 saturated carbocycles. The molecule has 0 fully saturated rings. The second-order valence-corrected chi connectivity index (χ2v) is 4.70. The van der Waals surface area contributed by atoms with Gasteiger partial charge in [-0.1, -0.05) is 4.89 Å². The molecule has 0 rings (SSSR count). The van der Waals surface area contributed by atoms with Crippen molar-refractivity contribution in [2.24, 2.45) is 0 Å². The van der Waals surface area contributed by atoms with E-state index >= 15 is 0 Å². The summed E-state index contributed by atoms with van der Waals surface area (Å²) in [5.41, 5.74) is 0. The lowest BCUT2D eigenvalue weighted by Crippen LogP contribution is -2.40. The Hall–Kier alpha value is -0.910. The van der Waals surface area contributed by atoms with Crippen LogP contribution >= 0.6 is 0 Å². The molecule has 0 aromatic rings. The van der Waals surface area contributed by atoms with Crippen molar-refractivity contribution in [3.05, 3.63) is 0 Å². The summed E-state index contributed by atoms with van der Waals surface area (Å²) in [5.74, 6) is -1.23. The molecule has 0 aliphatic rings. The first kappa shape index (κ1) is 16.1. The largest absolute Gasteiger partial charge is 0.481 e. The van der Waals surface area contributed by atoms with Crippen LogP contribution < -0.4 is 4.89 Å². The van der Waals surface area contributed by atoms with E-state index in [2.05, 4.69) is 4.84 Å². The van der Waals surface area contributed by atoms with Crippen molar-refractivity contribution in [1.29, 1.82) is 0 Å². The number of aliphatic carboxylic acids is 1. The minimum absolute atomic E-state index is 0.389. The van der Waals surface area contributed by atoms with E-state index in [1.54, 1.807) is 0 Å². The number of carboxylic acids is 1. The van der Waals surface area contributed by atoms with Crippen LogP contribution in [0.4, 0.5) is 13.2 Å². The van der Waals surface area contributed by atoms with E-state index < -0.39 is 35.4 Å². The maximum atomic E-state index is 11.6. The zero-order chi connectivity index (χ0) is 13.7. The van der Waals surface area contributed by atoms with Crippen molar-refractivity contribution in [3.63, 3.8) is 0 Å². The van der Waals surface area contributed by atoms with Gasteiger partial charge in [-0.05, 0) is 0 Å². The Bertz CT molecular complexity index is 355. The lowest BCUT2D eigenvalue weighted by atomic mass is 10.4. The van der Waals surface area contributed by atoms with Crippen LogP contribution in [0.25, 0.3) is 0 Å². The molecule has 0 amide bonds. The summed E-state index contributed by atoms with van der Waals surface area (Å²) in [6.45, 7) is -2.17. The molecule has 0 aliphatic carbocycles. The number of nitrogens with one attached hydrogen (secondary N) is 1. The normalized spacial score (nSPS) is 13.0. The Kier molecular flexibility index (Phi) is 5.81. The fraction of sp³-hybridized carbons (Fsp3) is 0.833. The van der Waals surface area contributed by atoms with Gasteiger partial charge in [-0.25, -0.2) is 0 Å². The summed E-state index contributed by atoms with van der Waals surface area (Å²) in [6, 6.07) is 0. The Balaban J connectivity index is 4.15. The molecule has 2 N–H and O–H groups in total. The molecule has 0 atom stereocenters. The minimum atomic E-state index is -4.66. The molecular weight excluding hydrogens is 269 g/mol. The summed E-state index contributed by atoms with van der Waals surface area (Å²) in [7, 11) is -3.28. The fourth-order valence-corrected chi connectivity index (χ4v) is 1.29. The molecule has 0 aromatic heterocycles. The average molecular weight is 280 g/mol. The minimum Gasteiger partial charge on any atom is -0.481 e. The molecule has 0 heterocycles. The Morgan fingerprint density at radius 2 is 2.00 bits per heavy atom. The van der Waals surface area contributed by atoms with Gasteiger partial charge in [0.15, 0.2) is 6.61 Å². The van der Waals surface area contributed by atoms with Gasteiger partial charge in [0.1, 0.15) is 0 Å². The van der Waals surface area contributed by atoms with E-state index in [9.17, 15) is 26.4 Å². The molecule has 0 spiro atoms. The number of nitrogens with zero attached hydrogens (tertiary/aromatic N) is 1. The molecular formula is C6H11F3N2O5S. The van der Waals surface area contributed by atoms with Crippen molar-refractivity contribution < 1.29 is 36.3 Å². The maximum absolute atomic E-state index is 11.6. The first-order valence-corrected chi connectivity index (χ1v) is 5.62. The van der Waals surface area contributed by atoms with Crippen molar-refractivity contribution in [1.82, 2.24) is 9.19 Å². The Labute approximate surface area is 95.3 Å². The van der Waals surface area contributed by atoms with E-state index in [1.807, 2.05) is 0 Å². The number of hydrogen-bond acceptors (Lipinski definition) is 4. The number of hydrogen-bond donors (Lipinski definition) is 2. The number of alkyl halides is 3. The third kappa shape index (κ3) is 7.90. The summed E-state index contributed by atoms with van der Waals surface area (Å²) in [6.07, 6.45) is -5.14. The van der Waals surface area contributed by atoms with E-state index in [0.717, 1.165) is 7.05 Å². The second kappa shape index (κ2) is 6.14. The maximum Gasteiger partial charge on any atom is 0.413 e. The Morgan fingerprint density at radius 3 is 2.41 bits per heavy atom. The smallest absolute Gasteiger partial charge is 0.413 e. The fourth-order valence-electron chi connectivity index (χ4n) is 0.623. The number of carbonyl (C=O) groups is 1. The highest BCUT2D eigenvalue weighted by Crippen LogP contribution is 2.13. The van der Waals surface area contributed by atoms with Crippen LogP contribution in [0.3, 0.4) is 0 Å². The first-order valence-electron chi connectivity index (χ1n) is 4.18. The highest BCUT2D eigenvalue weighted by molar-refractivity contribution is 7.86. The van der Waals surface area contributed by atoms with E-state index in [-0.39, 0.29) is 6.54 Å². The topological polar surface area (TPSA) is 95.9 Å². The van der Waals surface area contributed by atoms with Gasteiger partial charge in [0, 0.05) is 13.6 Å². The molecule has 7 nitrogen and oxygen atoms in total. The standard InChI is InChI=1S/C6H11F3N2O5S/c1-11(3-2-5(12)13)17(14,15)10-16-4-6(7,8)9/h10H,2-4H2,1H3,(H,12,13). The van der Waals surface area contributed by atoms with Crippen LogP contribution in [0.5, 0.6) is 0 Å². The van der Waals surface area contributed by atoms with Crippen LogP contribution in [0.2, 0.25) is 0 Å². The third-order valence-corrected chi connectivity index (χ3v) is 2.78. The van der Waals surface area contributed by atoms with Crippen LogP contribution in [0.1, 0.15) is 6.42 Å². The lowest BCUT2D eigenvalue weighted by Gasteiger charge is -2.16. The van der Waals surface area contributed by atoms with Crippen LogP contribution in [0, 0.1) is 0 Å². The summed E-state index contributed by atoms with van der Waals surface area (Å²) < 4.78 is 57.7. The molecule has 0 radical (unpaired) electrons. The predicted octanol–water partition coefficient (Wildman–Crippen LogP) is -0.279. The molecule has 102 valence electrons. The zero-order valence-electron chi connectivity index (χ0n) is 8.69. The molecule has 0 unspecified atom stereocenters. The Morgan fingerprint density at radius 1 is 1.47 bits per heavy atom.